The molecule has 132 valence electrons. The molecule has 2 aromatic carbocycles. The van der Waals surface area contributed by atoms with Crippen LogP contribution in [0, 0.1) is 0 Å². The lowest BCUT2D eigenvalue weighted by Gasteiger charge is -2.11. The SMILES string of the molecule is c1cnc2c(NCCNCCNc3cccc4[nH]nnc34)cccc2c1. The Morgan fingerprint density at radius 3 is 2.35 bits per heavy atom. The first-order chi connectivity index (χ1) is 12.9. The van der Waals surface area contributed by atoms with Crippen molar-refractivity contribution in [3.05, 3.63) is 54.7 Å². The summed E-state index contributed by atoms with van der Waals surface area (Å²) in [6, 6.07) is 16.2. The van der Waals surface area contributed by atoms with Crippen LogP contribution in [0.1, 0.15) is 0 Å². The Balaban J connectivity index is 1.20. The van der Waals surface area contributed by atoms with E-state index in [1.165, 1.54) is 0 Å². The fraction of sp³-hybridized carbons (Fsp3) is 0.211. The highest BCUT2D eigenvalue weighted by molar-refractivity contribution is 5.90. The lowest BCUT2D eigenvalue weighted by atomic mass is 10.2. The van der Waals surface area contributed by atoms with Crippen LogP contribution in [0.4, 0.5) is 11.4 Å². The summed E-state index contributed by atoms with van der Waals surface area (Å²) in [4.78, 5) is 4.46. The van der Waals surface area contributed by atoms with Gasteiger partial charge in [0.2, 0.25) is 0 Å². The van der Waals surface area contributed by atoms with Crippen LogP contribution in [0.3, 0.4) is 0 Å². The molecule has 4 N–H and O–H groups in total. The minimum Gasteiger partial charge on any atom is -0.382 e. The fourth-order valence-corrected chi connectivity index (χ4v) is 2.96. The van der Waals surface area contributed by atoms with E-state index in [0.29, 0.717) is 0 Å². The summed E-state index contributed by atoms with van der Waals surface area (Å²) < 4.78 is 0. The topological polar surface area (TPSA) is 90.6 Å². The Bertz CT molecular complexity index is 990. The number of anilines is 2. The largest absolute Gasteiger partial charge is 0.382 e. The number of benzene rings is 2. The maximum atomic E-state index is 4.46. The zero-order valence-corrected chi connectivity index (χ0v) is 14.4. The Morgan fingerprint density at radius 2 is 1.50 bits per heavy atom. The number of hydrogen-bond acceptors (Lipinski definition) is 6. The Hall–Kier alpha value is -3.19. The van der Waals surface area contributed by atoms with Gasteiger partial charge in [0.05, 0.1) is 22.4 Å². The molecule has 26 heavy (non-hydrogen) atoms. The number of hydrogen-bond donors (Lipinski definition) is 4. The zero-order valence-electron chi connectivity index (χ0n) is 14.4. The number of rotatable bonds is 8. The molecule has 2 heterocycles. The zero-order chi connectivity index (χ0) is 17.6. The number of aromatic amines is 1. The van der Waals surface area contributed by atoms with Crippen molar-refractivity contribution in [2.24, 2.45) is 0 Å². The molecule has 0 saturated heterocycles. The van der Waals surface area contributed by atoms with Crippen molar-refractivity contribution < 1.29 is 0 Å². The Kier molecular flexibility index (Phi) is 4.88. The maximum absolute atomic E-state index is 4.46. The van der Waals surface area contributed by atoms with Crippen LogP contribution >= 0.6 is 0 Å². The molecule has 0 unspecified atom stereocenters. The average molecular weight is 347 g/mol. The van der Waals surface area contributed by atoms with Crippen molar-refractivity contribution in [1.29, 1.82) is 0 Å². The van der Waals surface area contributed by atoms with Gasteiger partial charge in [0, 0.05) is 37.8 Å². The number of nitrogens with zero attached hydrogens (tertiary/aromatic N) is 3. The lowest BCUT2D eigenvalue weighted by molar-refractivity contribution is 0.719. The van der Waals surface area contributed by atoms with Gasteiger partial charge in [-0.2, -0.15) is 0 Å². The summed E-state index contributed by atoms with van der Waals surface area (Å²) in [5.74, 6) is 0. The molecular formula is C19H21N7. The number of nitrogens with one attached hydrogen (secondary N) is 4. The van der Waals surface area contributed by atoms with E-state index in [1.807, 2.05) is 36.5 Å². The van der Waals surface area contributed by atoms with Gasteiger partial charge in [-0.15, -0.1) is 5.10 Å². The summed E-state index contributed by atoms with van der Waals surface area (Å²) in [6.45, 7) is 3.40. The first-order valence-electron chi connectivity index (χ1n) is 8.74. The molecule has 0 aliphatic rings. The van der Waals surface area contributed by atoms with Crippen molar-refractivity contribution in [3.8, 4) is 0 Å². The van der Waals surface area contributed by atoms with Gasteiger partial charge >= 0.3 is 0 Å². The monoisotopic (exact) mass is 347 g/mol. The maximum Gasteiger partial charge on any atom is 0.135 e. The Labute approximate surface area is 151 Å². The normalized spacial score (nSPS) is 11.1. The van der Waals surface area contributed by atoms with E-state index in [1.54, 1.807) is 0 Å². The molecule has 0 fully saturated rings. The van der Waals surface area contributed by atoms with Crippen LogP contribution in [-0.2, 0) is 0 Å². The van der Waals surface area contributed by atoms with Gasteiger partial charge in [-0.1, -0.05) is 29.5 Å². The van der Waals surface area contributed by atoms with Gasteiger partial charge in [0.25, 0.3) is 0 Å². The van der Waals surface area contributed by atoms with E-state index in [4.69, 9.17) is 0 Å². The van der Waals surface area contributed by atoms with Gasteiger partial charge in [0.15, 0.2) is 0 Å². The predicted molar refractivity (Wildman–Crippen MR) is 105 cm³/mol. The molecule has 0 bridgehead atoms. The van der Waals surface area contributed by atoms with Crippen LogP contribution in [0.15, 0.2) is 54.7 Å². The van der Waals surface area contributed by atoms with E-state index in [-0.39, 0.29) is 0 Å². The minimum atomic E-state index is 0.821. The van der Waals surface area contributed by atoms with Crippen LogP contribution in [0.5, 0.6) is 0 Å². The highest BCUT2D eigenvalue weighted by Gasteiger charge is 2.03. The number of pyridine rings is 1. The highest BCUT2D eigenvalue weighted by Crippen LogP contribution is 2.20. The van der Waals surface area contributed by atoms with Gasteiger partial charge in [-0.25, -0.2) is 0 Å². The molecule has 0 aliphatic heterocycles. The first-order valence-corrected chi connectivity index (χ1v) is 8.74. The quantitative estimate of drug-likeness (QED) is 0.366. The molecule has 0 spiro atoms. The molecular weight excluding hydrogens is 326 g/mol. The predicted octanol–water partition coefficient (Wildman–Crippen LogP) is 2.62. The first kappa shape index (κ1) is 16.3. The summed E-state index contributed by atoms with van der Waals surface area (Å²) in [6.07, 6.45) is 1.83. The van der Waals surface area contributed by atoms with Gasteiger partial charge in [0.1, 0.15) is 5.52 Å². The van der Waals surface area contributed by atoms with E-state index in [2.05, 4.69) is 54.5 Å². The van der Waals surface area contributed by atoms with Crippen LogP contribution in [0.25, 0.3) is 21.9 Å². The summed E-state index contributed by atoms with van der Waals surface area (Å²) >= 11 is 0. The number of H-pyrrole nitrogens is 1. The second-order valence-electron chi connectivity index (χ2n) is 6.00. The average Bonchev–Trinajstić information content (AvgIpc) is 3.17. The summed E-state index contributed by atoms with van der Waals surface area (Å²) in [7, 11) is 0. The molecule has 7 nitrogen and oxygen atoms in total. The molecule has 7 heteroatoms. The molecule has 0 saturated carbocycles. The highest BCUT2D eigenvalue weighted by atomic mass is 15.3. The van der Waals surface area contributed by atoms with Gasteiger partial charge in [-0.3, -0.25) is 10.1 Å². The molecule has 2 aromatic heterocycles. The van der Waals surface area contributed by atoms with E-state index >= 15 is 0 Å². The van der Waals surface area contributed by atoms with E-state index in [9.17, 15) is 0 Å². The number of fused-ring (bicyclic) bond motifs is 2. The van der Waals surface area contributed by atoms with Crippen molar-refractivity contribution in [2.45, 2.75) is 0 Å². The van der Waals surface area contributed by atoms with E-state index < -0.39 is 0 Å². The van der Waals surface area contributed by atoms with Gasteiger partial charge in [-0.05, 0) is 24.3 Å². The number of para-hydroxylation sites is 1. The van der Waals surface area contributed by atoms with E-state index in [0.717, 1.165) is 59.5 Å². The smallest absolute Gasteiger partial charge is 0.135 e. The molecule has 0 atom stereocenters. The van der Waals surface area contributed by atoms with Crippen LogP contribution in [-0.4, -0.2) is 46.6 Å². The lowest BCUT2D eigenvalue weighted by Crippen LogP contribution is -2.27. The van der Waals surface area contributed by atoms with Gasteiger partial charge < -0.3 is 16.0 Å². The molecule has 4 rings (SSSR count). The van der Waals surface area contributed by atoms with Crippen molar-refractivity contribution in [3.63, 3.8) is 0 Å². The second kappa shape index (κ2) is 7.79. The molecule has 0 radical (unpaired) electrons. The number of aromatic nitrogens is 4. The third-order valence-electron chi connectivity index (χ3n) is 4.22. The van der Waals surface area contributed by atoms with Crippen molar-refractivity contribution in [2.75, 3.05) is 36.8 Å². The van der Waals surface area contributed by atoms with Crippen molar-refractivity contribution in [1.82, 2.24) is 25.7 Å². The third kappa shape index (κ3) is 3.57. The second-order valence-corrected chi connectivity index (χ2v) is 6.00. The van der Waals surface area contributed by atoms with Crippen molar-refractivity contribution >= 4 is 33.3 Å². The molecule has 4 aromatic rings. The molecule has 0 aliphatic carbocycles. The van der Waals surface area contributed by atoms with Crippen LogP contribution in [0.2, 0.25) is 0 Å². The summed E-state index contributed by atoms with van der Waals surface area (Å²) in [5, 5.41) is 22.2. The minimum absolute atomic E-state index is 0.821. The summed E-state index contributed by atoms with van der Waals surface area (Å²) in [5.41, 5.74) is 4.89. The molecule has 0 amide bonds. The standard InChI is InChI=1S/C19H21N7/c1-4-14-5-3-9-23-18(14)15(6-1)21-12-10-20-11-13-22-16-7-2-8-17-19(16)25-26-24-17/h1-9,20-22H,10-13H2,(H,24,25,26). The third-order valence-corrected chi connectivity index (χ3v) is 4.22. The Morgan fingerprint density at radius 1 is 0.769 bits per heavy atom. The van der Waals surface area contributed by atoms with Crippen LogP contribution < -0.4 is 16.0 Å². The fourth-order valence-electron chi connectivity index (χ4n) is 2.96.